The highest BCUT2D eigenvalue weighted by molar-refractivity contribution is 6.32. The van der Waals surface area contributed by atoms with E-state index in [4.69, 9.17) is 16.3 Å². The Morgan fingerprint density at radius 2 is 1.58 bits per heavy atom. The number of fused-ring (bicyclic) bond motifs is 3. The van der Waals surface area contributed by atoms with E-state index < -0.39 is 71.4 Å². The molecule has 0 saturated carbocycles. The van der Waals surface area contributed by atoms with Crippen LogP contribution in [0.1, 0.15) is 41.5 Å². The first kappa shape index (κ1) is 33.8. The van der Waals surface area contributed by atoms with Crippen molar-refractivity contribution >= 4 is 40.8 Å². The topological polar surface area (TPSA) is 87.1 Å². The SMILES string of the molecule is O=C1[C@@H]2[C@@H](CC(CO)=C3[C@@H](CC/C(=C/c4ccc(O)cc4Cl)c4ccccc4)OC[C@@H]32)C(=O)N1c1cc(C(F)(F)F)cc(C(F)(F)F)c1. The first-order valence-corrected chi connectivity index (χ1v) is 15.4. The van der Waals surface area contributed by atoms with Crippen molar-refractivity contribution in [3.8, 4) is 5.75 Å². The lowest BCUT2D eigenvalue weighted by molar-refractivity contribution is -0.143. The van der Waals surface area contributed by atoms with Crippen LogP contribution in [0.2, 0.25) is 5.02 Å². The van der Waals surface area contributed by atoms with Crippen LogP contribution in [-0.4, -0.2) is 41.3 Å². The van der Waals surface area contributed by atoms with Gasteiger partial charge in [-0.05, 0) is 89.6 Å². The van der Waals surface area contributed by atoms with Crippen molar-refractivity contribution in [3.05, 3.63) is 105 Å². The number of carbonyl (C=O) groups is 2. The first-order valence-electron chi connectivity index (χ1n) is 15.0. The van der Waals surface area contributed by atoms with Gasteiger partial charge in [0.05, 0.1) is 53.0 Å². The van der Waals surface area contributed by atoms with Gasteiger partial charge in [0.2, 0.25) is 11.8 Å². The molecule has 3 aromatic carbocycles. The standard InChI is InChI=1S/C35H28ClF6NO5/c36-28-15-25(45)8-6-20(28)10-19(18-4-2-1-3-5-18)7-9-29-30-21(16-44)11-26-31(27(30)17-48-29)33(47)43(32(26)46)24-13-22(34(37,38)39)12-23(14-24)35(40,41)42/h1-6,8,10,12-15,26-27,29,31,44-45H,7,9,11,16-17H2/b19-10-/t26-,27+,29-,31-/m1/s1. The lowest BCUT2D eigenvalue weighted by Crippen LogP contribution is -2.35. The highest BCUT2D eigenvalue weighted by Gasteiger charge is 2.57. The molecule has 48 heavy (non-hydrogen) atoms. The number of phenolic OH excluding ortho intramolecular Hbond substituents is 1. The Morgan fingerprint density at radius 1 is 0.917 bits per heavy atom. The summed E-state index contributed by atoms with van der Waals surface area (Å²) in [5.74, 6) is -4.71. The average Bonchev–Trinajstić information content (AvgIpc) is 3.57. The maximum Gasteiger partial charge on any atom is 0.416 e. The molecule has 0 radical (unpaired) electrons. The molecule has 2 fully saturated rings. The van der Waals surface area contributed by atoms with E-state index in [-0.39, 0.29) is 24.8 Å². The zero-order valence-electron chi connectivity index (χ0n) is 25.0. The van der Waals surface area contributed by atoms with Crippen molar-refractivity contribution in [1.82, 2.24) is 0 Å². The maximum absolute atomic E-state index is 13.8. The summed E-state index contributed by atoms with van der Waals surface area (Å²) in [7, 11) is 0. The zero-order valence-corrected chi connectivity index (χ0v) is 25.7. The van der Waals surface area contributed by atoms with Crippen molar-refractivity contribution in [2.45, 2.75) is 37.7 Å². The molecule has 4 atom stereocenters. The summed E-state index contributed by atoms with van der Waals surface area (Å²) in [6, 6.07) is 14.7. The molecule has 0 unspecified atom stereocenters. The summed E-state index contributed by atoms with van der Waals surface area (Å²) in [5.41, 5.74) is -0.588. The lowest BCUT2D eigenvalue weighted by atomic mass is 9.69. The van der Waals surface area contributed by atoms with Gasteiger partial charge in [0.25, 0.3) is 0 Å². The minimum absolute atomic E-state index is 0.00948. The van der Waals surface area contributed by atoms with E-state index in [0.29, 0.717) is 51.6 Å². The van der Waals surface area contributed by atoms with Crippen LogP contribution in [0.15, 0.2) is 77.9 Å². The quantitative estimate of drug-likeness (QED) is 0.114. The third-order valence-electron chi connectivity index (χ3n) is 9.16. The number of rotatable bonds is 7. The number of hydrogen-bond acceptors (Lipinski definition) is 5. The number of phenols is 1. The van der Waals surface area contributed by atoms with Crippen LogP contribution in [0.5, 0.6) is 5.75 Å². The molecule has 1 aliphatic carbocycles. The van der Waals surface area contributed by atoms with Crippen molar-refractivity contribution in [2.24, 2.45) is 17.8 Å². The van der Waals surface area contributed by atoms with E-state index in [2.05, 4.69) is 0 Å². The number of amides is 2. The lowest BCUT2D eigenvalue weighted by Gasteiger charge is -2.31. The summed E-state index contributed by atoms with van der Waals surface area (Å²) in [5, 5.41) is 20.5. The fourth-order valence-corrected chi connectivity index (χ4v) is 7.23. The maximum atomic E-state index is 13.8. The number of halogens is 7. The van der Waals surface area contributed by atoms with E-state index in [0.717, 1.165) is 11.1 Å². The Bertz CT molecular complexity index is 1790. The molecule has 252 valence electrons. The number of benzene rings is 3. The van der Waals surface area contributed by atoms with Crippen LogP contribution >= 0.6 is 11.6 Å². The molecule has 2 heterocycles. The van der Waals surface area contributed by atoms with E-state index in [1.807, 2.05) is 36.4 Å². The Morgan fingerprint density at radius 3 is 2.19 bits per heavy atom. The summed E-state index contributed by atoms with van der Waals surface area (Å²) in [4.78, 5) is 27.8. The molecule has 13 heteroatoms. The van der Waals surface area contributed by atoms with Gasteiger partial charge < -0.3 is 14.9 Å². The monoisotopic (exact) mass is 691 g/mol. The first-order chi connectivity index (χ1) is 22.7. The van der Waals surface area contributed by atoms with Gasteiger partial charge in [0, 0.05) is 5.92 Å². The second kappa shape index (κ2) is 12.7. The van der Waals surface area contributed by atoms with Gasteiger partial charge in [0.1, 0.15) is 5.75 Å². The smallest absolute Gasteiger partial charge is 0.416 e. The molecule has 6 nitrogen and oxygen atoms in total. The molecule has 0 bridgehead atoms. The van der Waals surface area contributed by atoms with Crippen molar-refractivity contribution in [1.29, 1.82) is 0 Å². The van der Waals surface area contributed by atoms with Crippen LogP contribution in [0.3, 0.4) is 0 Å². The molecule has 2 amide bonds. The third kappa shape index (κ3) is 6.36. The molecular formula is C35H28ClF6NO5. The highest BCUT2D eigenvalue weighted by atomic mass is 35.5. The van der Waals surface area contributed by atoms with Crippen LogP contribution in [0.4, 0.5) is 32.0 Å². The van der Waals surface area contributed by atoms with Gasteiger partial charge in [-0.3, -0.25) is 9.59 Å². The number of nitrogens with zero attached hydrogens (tertiary/aromatic N) is 1. The normalized spacial score (nSPS) is 23.2. The predicted molar refractivity (Wildman–Crippen MR) is 165 cm³/mol. The van der Waals surface area contributed by atoms with Crippen molar-refractivity contribution in [2.75, 3.05) is 18.1 Å². The molecule has 2 aliphatic heterocycles. The minimum Gasteiger partial charge on any atom is -0.508 e. The number of hydrogen-bond donors (Lipinski definition) is 2. The van der Waals surface area contributed by atoms with Crippen LogP contribution < -0.4 is 4.90 Å². The summed E-state index contributed by atoms with van der Waals surface area (Å²) >= 11 is 6.37. The van der Waals surface area contributed by atoms with Gasteiger partial charge >= 0.3 is 12.4 Å². The van der Waals surface area contributed by atoms with E-state index in [9.17, 15) is 46.1 Å². The fourth-order valence-electron chi connectivity index (χ4n) is 7.00. The van der Waals surface area contributed by atoms with Gasteiger partial charge in [-0.2, -0.15) is 26.3 Å². The Hall–Kier alpha value is -4.13. The number of allylic oxidation sites excluding steroid dienone is 1. The Balaban J connectivity index is 1.30. The molecular weight excluding hydrogens is 664 g/mol. The molecule has 0 spiro atoms. The number of imide groups is 1. The second-order valence-electron chi connectivity index (χ2n) is 12.0. The molecule has 2 saturated heterocycles. The summed E-state index contributed by atoms with van der Waals surface area (Å²) in [6.45, 7) is -0.495. The van der Waals surface area contributed by atoms with Gasteiger partial charge in [-0.15, -0.1) is 0 Å². The fraction of sp³-hybridized carbons (Fsp3) is 0.314. The van der Waals surface area contributed by atoms with Crippen LogP contribution in [-0.2, 0) is 26.7 Å². The second-order valence-corrected chi connectivity index (χ2v) is 12.4. The third-order valence-corrected chi connectivity index (χ3v) is 9.49. The van der Waals surface area contributed by atoms with Crippen molar-refractivity contribution in [3.63, 3.8) is 0 Å². The van der Waals surface area contributed by atoms with Crippen LogP contribution in [0, 0.1) is 17.8 Å². The number of aliphatic hydroxyl groups is 1. The number of anilines is 1. The van der Waals surface area contributed by atoms with E-state index >= 15 is 0 Å². The van der Waals surface area contributed by atoms with Crippen molar-refractivity contribution < 1.29 is 50.9 Å². The number of ether oxygens (including phenoxy) is 1. The summed E-state index contributed by atoms with van der Waals surface area (Å²) in [6.07, 6.45) is -8.30. The highest BCUT2D eigenvalue weighted by Crippen LogP contribution is 2.51. The molecule has 6 rings (SSSR count). The van der Waals surface area contributed by atoms with Gasteiger partial charge in [-0.25, -0.2) is 4.90 Å². The summed E-state index contributed by atoms with van der Waals surface area (Å²) < 4.78 is 87.7. The average molecular weight is 692 g/mol. The molecule has 3 aliphatic rings. The van der Waals surface area contributed by atoms with Crippen LogP contribution in [0.25, 0.3) is 11.6 Å². The Kier molecular flexibility index (Phi) is 8.95. The van der Waals surface area contributed by atoms with Gasteiger partial charge in [0.15, 0.2) is 0 Å². The van der Waals surface area contributed by atoms with E-state index in [1.165, 1.54) is 12.1 Å². The molecule has 0 aromatic heterocycles. The number of alkyl halides is 6. The number of aliphatic hydroxyl groups excluding tert-OH is 1. The number of carbonyl (C=O) groups excluding carboxylic acids is 2. The largest absolute Gasteiger partial charge is 0.508 e. The molecule has 2 N–H and O–H groups in total. The number of aromatic hydroxyl groups is 1. The zero-order chi connectivity index (χ0) is 34.5. The Labute approximate surface area is 275 Å². The van der Waals surface area contributed by atoms with Gasteiger partial charge in [-0.1, -0.05) is 41.9 Å². The minimum atomic E-state index is -5.17. The molecule has 3 aromatic rings. The predicted octanol–water partition coefficient (Wildman–Crippen LogP) is 7.92. The van der Waals surface area contributed by atoms with E-state index in [1.54, 1.807) is 6.07 Å².